The molecule has 3 aromatic carbocycles. The Hall–Kier alpha value is -4.32. The molecule has 0 aliphatic rings. The van der Waals surface area contributed by atoms with Gasteiger partial charge in [-0.1, -0.05) is 35.9 Å². The van der Waals surface area contributed by atoms with E-state index >= 15 is 0 Å². The SMILES string of the molecule is Cc1cccc(-c2nnc(-c3ccc(C(=O)Nc4cnc5ccccc5c4)cc3)o2)c1. The van der Waals surface area contributed by atoms with E-state index in [4.69, 9.17) is 4.42 Å². The fraction of sp³-hybridized carbons (Fsp3) is 0.0400. The minimum atomic E-state index is -0.213. The van der Waals surface area contributed by atoms with E-state index in [1.807, 2.05) is 61.5 Å². The molecule has 150 valence electrons. The number of nitrogens with one attached hydrogen (secondary N) is 1. The van der Waals surface area contributed by atoms with E-state index < -0.39 is 0 Å². The van der Waals surface area contributed by atoms with Crippen molar-refractivity contribution in [3.8, 4) is 22.9 Å². The van der Waals surface area contributed by atoms with Crippen molar-refractivity contribution in [1.29, 1.82) is 0 Å². The minimum Gasteiger partial charge on any atom is -0.416 e. The maximum atomic E-state index is 12.6. The first-order chi connectivity index (χ1) is 15.2. The Bertz CT molecular complexity index is 1390. The number of hydrogen-bond donors (Lipinski definition) is 1. The van der Waals surface area contributed by atoms with E-state index in [0.29, 0.717) is 23.0 Å². The van der Waals surface area contributed by atoms with Gasteiger partial charge in [0.2, 0.25) is 11.8 Å². The van der Waals surface area contributed by atoms with Crippen LogP contribution in [0.4, 0.5) is 5.69 Å². The molecular formula is C25H18N4O2. The van der Waals surface area contributed by atoms with Gasteiger partial charge in [-0.3, -0.25) is 9.78 Å². The molecule has 0 aliphatic heterocycles. The van der Waals surface area contributed by atoms with E-state index in [1.165, 1.54) is 0 Å². The van der Waals surface area contributed by atoms with Gasteiger partial charge in [-0.15, -0.1) is 10.2 Å². The van der Waals surface area contributed by atoms with Gasteiger partial charge in [-0.25, -0.2) is 0 Å². The molecule has 0 radical (unpaired) electrons. The highest BCUT2D eigenvalue weighted by Crippen LogP contribution is 2.25. The molecule has 1 amide bonds. The van der Waals surface area contributed by atoms with Crippen LogP contribution in [0, 0.1) is 6.92 Å². The molecule has 2 aromatic heterocycles. The quantitative estimate of drug-likeness (QED) is 0.425. The van der Waals surface area contributed by atoms with Crippen molar-refractivity contribution in [3.05, 3.63) is 96.2 Å². The van der Waals surface area contributed by atoms with Crippen LogP contribution in [0.2, 0.25) is 0 Å². The summed E-state index contributed by atoms with van der Waals surface area (Å²) in [6, 6.07) is 24.6. The normalized spacial score (nSPS) is 10.9. The highest BCUT2D eigenvalue weighted by Gasteiger charge is 2.12. The summed E-state index contributed by atoms with van der Waals surface area (Å²) in [7, 11) is 0. The molecule has 0 bridgehead atoms. The third-order valence-electron chi connectivity index (χ3n) is 4.93. The molecule has 0 atom stereocenters. The number of pyridine rings is 1. The first-order valence-electron chi connectivity index (χ1n) is 9.83. The molecule has 0 saturated heterocycles. The second kappa shape index (κ2) is 7.84. The van der Waals surface area contributed by atoms with Crippen LogP contribution in [-0.4, -0.2) is 21.1 Å². The molecule has 31 heavy (non-hydrogen) atoms. The number of carbonyl (C=O) groups excluding carboxylic acids is 1. The van der Waals surface area contributed by atoms with E-state index in [0.717, 1.165) is 27.6 Å². The second-order valence-corrected chi connectivity index (χ2v) is 7.23. The standard InChI is InChI=1S/C25H18N4O2/c1-16-5-4-7-20(13-16)25-29-28-24(31-25)18-11-9-17(10-12-18)23(30)27-21-14-19-6-2-3-8-22(19)26-15-21/h2-15H,1H3,(H,27,30). The fourth-order valence-corrected chi connectivity index (χ4v) is 3.34. The predicted octanol–water partition coefficient (Wildman–Crippen LogP) is 5.51. The lowest BCUT2D eigenvalue weighted by molar-refractivity contribution is 0.102. The maximum absolute atomic E-state index is 12.6. The molecule has 5 aromatic rings. The molecule has 5 rings (SSSR count). The number of hydrogen-bond acceptors (Lipinski definition) is 5. The smallest absolute Gasteiger partial charge is 0.255 e. The number of carbonyl (C=O) groups is 1. The van der Waals surface area contributed by atoms with Gasteiger partial charge in [-0.05, 0) is 55.5 Å². The monoisotopic (exact) mass is 406 g/mol. The topological polar surface area (TPSA) is 80.9 Å². The lowest BCUT2D eigenvalue weighted by atomic mass is 10.1. The van der Waals surface area contributed by atoms with E-state index in [9.17, 15) is 4.79 Å². The van der Waals surface area contributed by atoms with Crippen LogP contribution in [0.1, 0.15) is 15.9 Å². The molecule has 0 saturated carbocycles. The van der Waals surface area contributed by atoms with Gasteiger partial charge in [0.05, 0.1) is 17.4 Å². The van der Waals surface area contributed by atoms with Crippen LogP contribution in [-0.2, 0) is 0 Å². The number of fused-ring (bicyclic) bond motifs is 1. The van der Waals surface area contributed by atoms with Crippen molar-refractivity contribution in [2.45, 2.75) is 6.92 Å². The Kier molecular flexibility index (Phi) is 4.72. The second-order valence-electron chi connectivity index (χ2n) is 7.23. The molecule has 6 heteroatoms. The van der Waals surface area contributed by atoms with Gasteiger partial charge in [0.15, 0.2) is 0 Å². The minimum absolute atomic E-state index is 0.213. The summed E-state index contributed by atoms with van der Waals surface area (Å²) in [5, 5.41) is 12.1. The van der Waals surface area contributed by atoms with Crippen molar-refractivity contribution < 1.29 is 9.21 Å². The highest BCUT2D eigenvalue weighted by atomic mass is 16.4. The molecule has 0 unspecified atom stereocenters. The van der Waals surface area contributed by atoms with Gasteiger partial charge < -0.3 is 9.73 Å². The molecular weight excluding hydrogens is 388 g/mol. The molecule has 0 fully saturated rings. The van der Waals surface area contributed by atoms with E-state index in [2.05, 4.69) is 20.5 Å². The van der Waals surface area contributed by atoms with Crippen LogP contribution in [0.5, 0.6) is 0 Å². The lowest BCUT2D eigenvalue weighted by Gasteiger charge is -2.06. The molecule has 6 nitrogen and oxygen atoms in total. The maximum Gasteiger partial charge on any atom is 0.255 e. The number of aryl methyl sites for hydroxylation is 1. The highest BCUT2D eigenvalue weighted by molar-refractivity contribution is 6.05. The lowest BCUT2D eigenvalue weighted by Crippen LogP contribution is -2.11. The molecule has 2 heterocycles. The summed E-state index contributed by atoms with van der Waals surface area (Å²) in [6.07, 6.45) is 1.65. The van der Waals surface area contributed by atoms with Gasteiger partial charge in [0.1, 0.15) is 0 Å². The van der Waals surface area contributed by atoms with E-state index in [1.54, 1.807) is 30.5 Å². The van der Waals surface area contributed by atoms with Crippen molar-refractivity contribution in [2.75, 3.05) is 5.32 Å². The Balaban J connectivity index is 1.33. The van der Waals surface area contributed by atoms with Crippen molar-refractivity contribution in [2.24, 2.45) is 0 Å². The molecule has 0 spiro atoms. The molecule has 0 aliphatic carbocycles. The number of para-hydroxylation sites is 1. The summed E-state index contributed by atoms with van der Waals surface area (Å²) >= 11 is 0. The summed E-state index contributed by atoms with van der Waals surface area (Å²) in [5.41, 5.74) is 4.79. The zero-order chi connectivity index (χ0) is 21.2. The summed E-state index contributed by atoms with van der Waals surface area (Å²) < 4.78 is 5.82. The number of anilines is 1. The largest absolute Gasteiger partial charge is 0.416 e. The zero-order valence-corrected chi connectivity index (χ0v) is 16.7. The Labute approximate surface area is 178 Å². The van der Waals surface area contributed by atoms with Crippen molar-refractivity contribution in [3.63, 3.8) is 0 Å². The number of nitrogens with zero attached hydrogens (tertiary/aromatic N) is 3. The Morgan fingerprint density at radius 2 is 1.61 bits per heavy atom. The van der Waals surface area contributed by atoms with Gasteiger partial charge in [0, 0.05) is 22.1 Å². The Morgan fingerprint density at radius 1 is 0.839 bits per heavy atom. The number of rotatable bonds is 4. The van der Waals surface area contributed by atoms with Gasteiger partial charge in [-0.2, -0.15) is 0 Å². The average Bonchev–Trinajstić information content (AvgIpc) is 3.29. The van der Waals surface area contributed by atoms with Gasteiger partial charge >= 0.3 is 0 Å². The zero-order valence-electron chi connectivity index (χ0n) is 16.7. The first-order valence-corrected chi connectivity index (χ1v) is 9.83. The fourth-order valence-electron chi connectivity index (χ4n) is 3.34. The van der Waals surface area contributed by atoms with Crippen LogP contribution in [0.25, 0.3) is 33.8 Å². The Morgan fingerprint density at radius 3 is 2.42 bits per heavy atom. The first kappa shape index (κ1) is 18.7. The summed E-state index contributed by atoms with van der Waals surface area (Å²) in [5.74, 6) is 0.654. The average molecular weight is 406 g/mol. The third-order valence-corrected chi connectivity index (χ3v) is 4.93. The van der Waals surface area contributed by atoms with Crippen molar-refractivity contribution >= 4 is 22.5 Å². The number of aromatic nitrogens is 3. The van der Waals surface area contributed by atoms with Crippen LogP contribution < -0.4 is 5.32 Å². The van der Waals surface area contributed by atoms with E-state index in [-0.39, 0.29) is 5.91 Å². The van der Waals surface area contributed by atoms with Crippen LogP contribution in [0.3, 0.4) is 0 Å². The summed E-state index contributed by atoms with van der Waals surface area (Å²) in [6.45, 7) is 2.01. The number of benzene rings is 3. The van der Waals surface area contributed by atoms with Gasteiger partial charge in [0.25, 0.3) is 5.91 Å². The number of amides is 1. The third kappa shape index (κ3) is 3.91. The summed E-state index contributed by atoms with van der Waals surface area (Å²) in [4.78, 5) is 17.0. The predicted molar refractivity (Wildman–Crippen MR) is 120 cm³/mol. The van der Waals surface area contributed by atoms with Crippen LogP contribution >= 0.6 is 0 Å². The van der Waals surface area contributed by atoms with Crippen LogP contribution in [0.15, 0.2) is 89.5 Å². The van der Waals surface area contributed by atoms with Crippen molar-refractivity contribution in [1.82, 2.24) is 15.2 Å². The molecule has 1 N–H and O–H groups in total.